The number of nitrogens with one attached hydrogen (secondary N) is 1. The molecule has 1 N–H and O–H groups in total. The molecule has 1 heterocycles. The fraction of sp³-hybridized carbons (Fsp3) is 0.286. The van der Waals surface area contributed by atoms with Gasteiger partial charge in [-0.15, -0.1) is 11.3 Å². The highest BCUT2D eigenvalue weighted by atomic mass is 79.9. The minimum atomic E-state index is -0.472. The molecular weight excluding hydrogens is 492 g/mol. The van der Waals surface area contributed by atoms with Crippen LogP contribution in [-0.2, 0) is 0 Å². The zero-order chi connectivity index (χ0) is 15.6. The topological polar surface area (TPSA) is 12.0 Å². The summed E-state index contributed by atoms with van der Waals surface area (Å²) in [6, 6.07) is 3.93. The number of halogens is 5. The lowest BCUT2D eigenvalue weighted by atomic mass is 10.0. The van der Waals surface area contributed by atoms with E-state index in [1.54, 1.807) is 0 Å². The van der Waals surface area contributed by atoms with Crippen molar-refractivity contribution in [1.82, 2.24) is 5.32 Å². The molecule has 0 saturated carbocycles. The van der Waals surface area contributed by atoms with Crippen LogP contribution < -0.4 is 5.32 Å². The van der Waals surface area contributed by atoms with Gasteiger partial charge in [0.1, 0.15) is 11.6 Å². The molecule has 21 heavy (non-hydrogen) atoms. The van der Waals surface area contributed by atoms with Crippen molar-refractivity contribution in [3.05, 3.63) is 53.0 Å². The van der Waals surface area contributed by atoms with E-state index in [0.717, 1.165) is 19.6 Å². The number of hydrogen-bond acceptors (Lipinski definition) is 2. The normalized spacial score (nSPS) is 12.7. The Morgan fingerprint density at radius 2 is 1.81 bits per heavy atom. The van der Waals surface area contributed by atoms with Crippen molar-refractivity contribution in [3.8, 4) is 0 Å². The maximum Gasteiger partial charge on any atom is 0.137 e. The molecule has 0 aliphatic heterocycles. The lowest BCUT2D eigenvalue weighted by Gasteiger charge is -2.20. The van der Waals surface area contributed by atoms with Gasteiger partial charge in [-0.2, -0.15) is 0 Å². The lowest BCUT2D eigenvalue weighted by Crippen LogP contribution is -2.24. The van der Waals surface area contributed by atoms with Crippen molar-refractivity contribution in [2.45, 2.75) is 19.4 Å². The summed E-state index contributed by atoms with van der Waals surface area (Å²) >= 11 is 11.4. The highest BCUT2D eigenvalue weighted by Crippen LogP contribution is 2.39. The average molecular weight is 504 g/mol. The summed E-state index contributed by atoms with van der Waals surface area (Å²) in [7, 11) is 0. The van der Waals surface area contributed by atoms with Crippen LogP contribution in [0, 0.1) is 11.6 Å². The molecule has 2 aromatic rings. The summed E-state index contributed by atoms with van der Waals surface area (Å²) in [6.07, 6.45) is 0.903. The number of hydrogen-bond donors (Lipinski definition) is 1. The van der Waals surface area contributed by atoms with Crippen molar-refractivity contribution in [1.29, 1.82) is 0 Å². The summed E-state index contributed by atoms with van der Waals surface area (Å²) in [6.45, 7) is 2.74. The van der Waals surface area contributed by atoms with Gasteiger partial charge < -0.3 is 5.32 Å². The molecule has 0 aliphatic carbocycles. The predicted octanol–water partition coefficient (Wildman–Crippen LogP) is 6.40. The zero-order valence-corrected chi connectivity index (χ0v) is 16.6. The molecule has 0 spiro atoms. The molecule has 2 rings (SSSR count). The Kier molecular flexibility index (Phi) is 6.38. The maximum atomic E-state index is 14.3. The van der Waals surface area contributed by atoms with Crippen LogP contribution in [0.3, 0.4) is 0 Å². The van der Waals surface area contributed by atoms with Crippen molar-refractivity contribution < 1.29 is 8.78 Å². The number of rotatable bonds is 5. The van der Waals surface area contributed by atoms with E-state index in [0.29, 0.717) is 12.1 Å². The Morgan fingerprint density at radius 1 is 1.10 bits per heavy atom. The fourth-order valence-corrected chi connectivity index (χ4v) is 5.20. The zero-order valence-electron chi connectivity index (χ0n) is 11.0. The fourth-order valence-electron chi connectivity index (χ4n) is 1.99. The molecule has 0 aliphatic rings. The van der Waals surface area contributed by atoms with Gasteiger partial charge >= 0.3 is 0 Å². The van der Waals surface area contributed by atoms with Crippen molar-refractivity contribution in [3.63, 3.8) is 0 Å². The van der Waals surface area contributed by atoms with Crippen LogP contribution in [0.5, 0.6) is 0 Å². The summed E-state index contributed by atoms with van der Waals surface area (Å²) in [4.78, 5) is 0. The van der Waals surface area contributed by atoms with Crippen molar-refractivity contribution >= 4 is 59.1 Å². The molecule has 1 aromatic carbocycles. The Morgan fingerprint density at radius 3 is 2.38 bits per heavy atom. The molecule has 7 heteroatoms. The monoisotopic (exact) mass is 501 g/mol. The first kappa shape index (κ1) is 17.5. The quantitative estimate of drug-likeness (QED) is 0.465. The summed E-state index contributed by atoms with van der Waals surface area (Å²) in [5.74, 6) is -0.911. The third-order valence-electron chi connectivity index (χ3n) is 2.94. The smallest absolute Gasteiger partial charge is 0.137 e. The maximum absolute atomic E-state index is 14.3. The first-order chi connectivity index (χ1) is 9.93. The third kappa shape index (κ3) is 4.13. The van der Waals surface area contributed by atoms with Crippen molar-refractivity contribution in [2.24, 2.45) is 0 Å². The standard InChI is InChI=1S/C14H12Br3F2NS/c1-2-3-20-13(8-5-12(16)21-14(8)17)7-4-11(19)9(15)6-10(7)18/h4-6,13,20H,2-3H2,1H3. The van der Waals surface area contributed by atoms with Gasteiger partial charge in [0.25, 0.3) is 0 Å². The SMILES string of the molecule is CCCNC(c1cc(F)c(Br)cc1F)c1cc(Br)sc1Br. The summed E-state index contributed by atoms with van der Waals surface area (Å²) < 4.78 is 30.0. The molecule has 1 atom stereocenters. The molecule has 0 fully saturated rings. The van der Waals surface area contributed by atoms with Gasteiger partial charge in [-0.3, -0.25) is 0 Å². The van der Waals surface area contributed by atoms with Crippen LogP contribution >= 0.6 is 59.1 Å². The minimum absolute atomic E-state index is 0.128. The Labute approximate surface area is 151 Å². The molecule has 0 bridgehead atoms. The van der Waals surface area contributed by atoms with E-state index in [9.17, 15) is 8.78 Å². The second-order valence-corrected chi connectivity index (χ2v) is 9.06. The van der Waals surface area contributed by atoms with Gasteiger partial charge in [0.05, 0.1) is 18.1 Å². The van der Waals surface area contributed by atoms with E-state index >= 15 is 0 Å². The molecule has 1 unspecified atom stereocenters. The third-order valence-corrected chi connectivity index (χ3v) is 5.94. The second-order valence-electron chi connectivity index (χ2n) is 4.45. The van der Waals surface area contributed by atoms with Gasteiger partial charge in [-0.05, 0) is 84.5 Å². The van der Waals surface area contributed by atoms with Crippen LogP contribution in [0.15, 0.2) is 30.2 Å². The lowest BCUT2D eigenvalue weighted by molar-refractivity contribution is 0.533. The van der Waals surface area contributed by atoms with E-state index in [1.165, 1.54) is 23.5 Å². The Bertz CT molecular complexity index is 645. The molecule has 1 nitrogen and oxygen atoms in total. The average Bonchev–Trinajstić information content (AvgIpc) is 2.75. The molecule has 0 radical (unpaired) electrons. The molecule has 0 amide bonds. The molecular formula is C14H12Br3F2NS. The first-order valence-corrected chi connectivity index (χ1v) is 9.46. The van der Waals surface area contributed by atoms with Crippen LogP contribution in [-0.4, -0.2) is 6.54 Å². The van der Waals surface area contributed by atoms with E-state index in [1.807, 2.05) is 13.0 Å². The van der Waals surface area contributed by atoms with E-state index in [4.69, 9.17) is 0 Å². The van der Waals surface area contributed by atoms with Gasteiger partial charge in [0.2, 0.25) is 0 Å². The summed E-state index contributed by atoms with van der Waals surface area (Å²) in [5, 5.41) is 3.28. The Balaban J connectivity index is 2.50. The largest absolute Gasteiger partial charge is 0.306 e. The van der Waals surface area contributed by atoms with Crippen LogP contribution in [0.4, 0.5) is 8.78 Å². The highest BCUT2D eigenvalue weighted by Gasteiger charge is 2.23. The van der Waals surface area contributed by atoms with E-state index < -0.39 is 17.7 Å². The Hall–Kier alpha value is 0.180. The number of benzene rings is 1. The first-order valence-electron chi connectivity index (χ1n) is 6.26. The minimum Gasteiger partial charge on any atom is -0.306 e. The van der Waals surface area contributed by atoms with Crippen LogP contribution in [0.25, 0.3) is 0 Å². The second kappa shape index (κ2) is 7.64. The van der Waals surface area contributed by atoms with Crippen LogP contribution in [0.2, 0.25) is 0 Å². The van der Waals surface area contributed by atoms with E-state index in [-0.39, 0.29) is 4.47 Å². The molecule has 0 saturated heterocycles. The van der Waals surface area contributed by atoms with Gasteiger partial charge in [-0.1, -0.05) is 6.92 Å². The molecule has 114 valence electrons. The van der Waals surface area contributed by atoms with Gasteiger partial charge in [0.15, 0.2) is 0 Å². The van der Waals surface area contributed by atoms with E-state index in [2.05, 4.69) is 53.1 Å². The number of thiophene rings is 1. The predicted molar refractivity (Wildman–Crippen MR) is 93.9 cm³/mol. The van der Waals surface area contributed by atoms with Gasteiger partial charge in [0, 0.05) is 5.56 Å². The summed E-state index contributed by atoms with van der Waals surface area (Å²) in [5.41, 5.74) is 1.19. The molecule has 1 aromatic heterocycles. The van der Waals surface area contributed by atoms with Gasteiger partial charge in [-0.25, -0.2) is 8.78 Å². The highest BCUT2D eigenvalue weighted by molar-refractivity contribution is 9.12. The van der Waals surface area contributed by atoms with Crippen molar-refractivity contribution in [2.75, 3.05) is 6.54 Å². The van der Waals surface area contributed by atoms with Crippen LogP contribution in [0.1, 0.15) is 30.5 Å².